The quantitative estimate of drug-likeness (QED) is 0.374. The van der Waals surface area contributed by atoms with Gasteiger partial charge in [-0.25, -0.2) is 0 Å². The number of nitrogens with two attached hydrogens (primary N) is 1. The number of piperidine rings is 1. The van der Waals surface area contributed by atoms with Crippen molar-refractivity contribution in [1.82, 2.24) is 4.90 Å². The third kappa shape index (κ3) is 3.29. The SMILES string of the molecule is CC12CCC(O)CC13C=CC1(C(C(=O)c4ccco4)=C3)C2CCC2(C)C1CCC2(O)CN1CCC(C(N)=O)CC1. The first kappa shape index (κ1) is 26.7. The van der Waals surface area contributed by atoms with Crippen molar-refractivity contribution in [2.24, 2.45) is 45.1 Å². The predicted molar refractivity (Wildman–Crippen MR) is 150 cm³/mol. The molecule has 0 radical (unpaired) electrons. The molecular formula is C33H44N2O5. The van der Waals surface area contributed by atoms with Crippen molar-refractivity contribution in [2.75, 3.05) is 19.6 Å². The Hall–Kier alpha value is -2.22. The van der Waals surface area contributed by atoms with E-state index in [1.165, 1.54) is 0 Å². The van der Waals surface area contributed by atoms with Gasteiger partial charge in [-0.2, -0.15) is 0 Å². The molecule has 2 bridgehead atoms. The minimum atomic E-state index is -0.876. The van der Waals surface area contributed by atoms with Crippen molar-refractivity contribution in [2.45, 2.75) is 83.3 Å². The van der Waals surface area contributed by atoms with Crippen LogP contribution in [0.3, 0.4) is 0 Å². The van der Waals surface area contributed by atoms with Gasteiger partial charge in [0.05, 0.1) is 18.0 Å². The summed E-state index contributed by atoms with van der Waals surface area (Å²) < 4.78 is 5.66. The summed E-state index contributed by atoms with van der Waals surface area (Å²) >= 11 is 0. The maximum Gasteiger partial charge on any atom is 0.224 e. The monoisotopic (exact) mass is 548 g/mol. The average molecular weight is 549 g/mol. The van der Waals surface area contributed by atoms with Crippen LogP contribution >= 0.6 is 0 Å². The summed E-state index contributed by atoms with van der Waals surface area (Å²) in [6, 6.07) is 3.53. The van der Waals surface area contributed by atoms with Gasteiger partial charge in [0, 0.05) is 34.3 Å². The fourth-order valence-corrected chi connectivity index (χ4v) is 10.9. The van der Waals surface area contributed by atoms with Gasteiger partial charge in [-0.05, 0) is 100 Å². The van der Waals surface area contributed by atoms with Gasteiger partial charge in [0.15, 0.2) is 5.76 Å². The van der Waals surface area contributed by atoms with Crippen molar-refractivity contribution in [1.29, 1.82) is 0 Å². The molecule has 3 saturated carbocycles. The molecule has 8 rings (SSSR count). The zero-order chi connectivity index (χ0) is 28.1. The summed E-state index contributed by atoms with van der Waals surface area (Å²) in [5, 5.41) is 23.3. The summed E-state index contributed by atoms with van der Waals surface area (Å²) in [5.41, 5.74) is 4.29. The van der Waals surface area contributed by atoms with Gasteiger partial charge < -0.3 is 25.3 Å². The Balaban J connectivity index is 1.29. The summed E-state index contributed by atoms with van der Waals surface area (Å²) in [6.07, 6.45) is 15.4. The fourth-order valence-electron chi connectivity index (χ4n) is 10.9. The maximum atomic E-state index is 14.2. The molecule has 7 nitrogen and oxygen atoms in total. The van der Waals surface area contributed by atoms with E-state index in [0.717, 1.165) is 63.6 Å². The lowest BCUT2D eigenvalue weighted by molar-refractivity contribution is -0.177. The van der Waals surface area contributed by atoms with Crippen LogP contribution in [0.1, 0.15) is 82.2 Å². The number of carbonyl (C=O) groups excluding carboxylic acids is 2. The van der Waals surface area contributed by atoms with Gasteiger partial charge in [-0.1, -0.05) is 32.1 Å². The Morgan fingerprint density at radius 3 is 2.42 bits per heavy atom. The number of hydrogen-bond acceptors (Lipinski definition) is 6. The number of furan rings is 1. The molecule has 8 atom stereocenters. The second-order valence-corrected chi connectivity index (χ2v) is 14.6. The Kier molecular flexibility index (Phi) is 5.77. The molecule has 40 heavy (non-hydrogen) atoms. The van der Waals surface area contributed by atoms with Crippen LogP contribution in [0.25, 0.3) is 0 Å². The smallest absolute Gasteiger partial charge is 0.224 e. The second-order valence-electron chi connectivity index (χ2n) is 14.6. The second kappa shape index (κ2) is 8.65. The first-order valence-electron chi connectivity index (χ1n) is 15.4. The van der Waals surface area contributed by atoms with Crippen LogP contribution < -0.4 is 5.73 Å². The molecule has 7 heteroatoms. The van der Waals surface area contributed by atoms with Gasteiger partial charge in [-0.3, -0.25) is 9.59 Å². The Labute approximate surface area is 236 Å². The number of hydrogen-bond donors (Lipinski definition) is 3. The van der Waals surface area contributed by atoms with Crippen molar-refractivity contribution in [3.8, 4) is 0 Å². The third-order valence-electron chi connectivity index (χ3n) is 13.2. The summed E-state index contributed by atoms with van der Waals surface area (Å²) in [6.45, 7) is 6.82. The van der Waals surface area contributed by atoms with Gasteiger partial charge in [-0.15, -0.1) is 0 Å². The standard InChI is InChI=1S/C33H44N2O5/c1-29-10-5-22(36)18-31(29)13-14-33(23(19-31)27(37)24-4-3-17-40-24)25(29)6-11-30(2)26(33)7-12-32(30,39)20-35-15-8-21(9-16-35)28(34)38/h3-4,13-14,17,19,21-22,25-26,36,39H,5-12,15-16,18,20H2,1-2H3,(H2,34,38). The van der Waals surface area contributed by atoms with E-state index in [4.69, 9.17) is 10.2 Å². The van der Waals surface area contributed by atoms with E-state index in [2.05, 4.69) is 37.0 Å². The summed E-state index contributed by atoms with van der Waals surface area (Å²) in [5.74, 6) is 0.419. The molecule has 1 saturated heterocycles. The van der Waals surface area contributed by atoms with Crippen LogP contribution in [0.5, 0.6) is 0 Å². The predicted octanol–water partition coefficient (Wildman–Crippen LogP) is 4.25. The molecule has 2 heterocycles. The Morgan fingerprint density at radius 1 is 1.02 bits per heavy atom. The minimum Gasteiger partial charge on any atom is -0.461 e. The molecule has 1 aromatic heterocycles. The van der Waals surface area contributed by atoms with E-state index in [0.29, 0.717) is 25.1 Å². The highest BCUT2D eigenvalue weighted by Gasteiger charge is 2.74. The minimum absolute atomic E-state index is 0.0472. The van der Waals surface area contributed by atoms with E-state index in [9.17, 15) is 19.8 Å². The van der Waals surface area contributed by atoms with Crippen LogP contribution in [0.2, 0.25) is 0 Å². The maximum absolute atomic E-state index is 14.2. The number of likely N-dealkylation sites (tertiary alicyclic amines) is 1. The van der Waals surface area contributed by atoms with E-state index in [-0.39, 0.29) is 51.8 Å². The number of Topliss-reactive ketones (excluding diaryl/α,β-unsaturated/α-hetero) is 1. The molecule has 8 unspecified atom stereocenters. The van der Waals surface area contributed by atoms with E-state index < -0.39 is 11.0 Å². The van der Waals surface area contributed by atoms with Gasteiger partial charge in [0.25, 0.3) is 0 Å². The molecule has 1 amide bonds. The molecule has 216 valence electrons. The first-order valence-corrected chi connectivity index (χ1v) is 15.4. The number of carbonyl (C=O) groups is 2. The molecule has 0 aromatic carbocycles. The highest BCUT2D eigenvalue weighted by molar-refractivity contribution is 6.08. The number of fused-ring (bicyclic) bond motifs is 1. The first-order chi connectivity index (χ1) is 19.0. The molecule has 2 spiro atoms. The lowest BCUT2D eigenvalue weighted by Crippen LogP contribution is -2.67. The van der Waals surface area contributed by atoms with Crippen LogP contribution in [-0.2, 0) is 4.79 Å². The number of aliphatic hydroxyl groups excluding tert-OH is 1. The van der Waals surface area contributed by atoms with Gasteiger partial charge in [0.1, 0.15) is 0 Å². The highest BCUT2D eigenvalue weighted by atomic mass is 16.3. The zero-order valence-electron chi connectivity index (χ0n) is 23.9. The number of β-amino-alcohol motifs (C(OH)–C–C–N with tert-alkyl or cyclic N) is 1. The number of amides is 1. The average Bonchev–Trinajstić information content (AvgIpc) is 3.55. The Bertz CT molecular complexity index is 1280. The number of primary amides is 1. The van der Waals surface area contributed by atoms with E-state index in [1.807, 2.05) is 0 Å². The summed E-state index contributed by atoms with van der Waals surface area (Å²) in [4.78, 5) is 28.3. The van der Waals surface area contributed by atoms with Crippen molar-refractivity contribution >= 4 is 11.7 Å². The zero-order valence-corrected chi connectivity index (χ0v) is 23.9. The number of allylic oxidation sites excluding steroid dienone is 4. The van der Waals surface area contributed by atoms with Crippen molar-refractivity contribution < 1.29 is 24.2 Å². The fraction of sp³-hybridized carbons (Fsp3) is 0.697. The molecule has 7 aliphatic rings. The number of nitrogens with zero attached hydrogens (tertiary/aromatic N) is 1. The topological polar surface area (TPSA) is 117 Å². The number of ketones is 1. The van der Waals surface area contributed by atoms with Crippen molar-refractivity contribution in [3.05, 3.63) is 48.0 Å². The van der Waals surface area contributed by atoms with Crippen molar-refractivity contribution in [3.63, 3.8) is 0 Å². The third-order valence-corrected chi connectivity index (χ3v) is 13.2. The van der Waals surface area contributed by atoms with Crippen LogP contribution in [-0.4, -0.2) is 58.1 Å². The van der Waals surface area contributed by atoms with Gasteiger partial charge >= 0.3 is 0 Å². The Morgan fingerprint density at radius 2 is 1.73 bits per heavy atom. The van der Waals surface area contributed by atoms with E-state index >= 15 is 0 Å². The molecule has 4 N–H and O–H groups in total. The number of aliphatic hydroxyl groups is 2. The molecular weight excluding hydrogens is 504 g/mol. The normalized spacial score (nSPS) is 46.4. The van der Waals surface area contributed by atoms with Crippen LogP contribution in [0.15, 0.2) is 46.6 Å². The summed E-state index contributed by atoms with van der Waals surface area (Å²) in [7, 11) is 0. The largest absolute Gasteiger partial charge is 0.461 e. The molecule has 4 fully saturated rings. The molecule has 6 aliphatic carbocycles. The van der Waals surface area contributed by atoms with Crippen LogP contribution in [0, 0.1) is 39.4 Å². The number of rotatable bonds is 5. The molecule has 1 aliphatic heterocycles. The van der Waals surface area contributed by atoms with Gasteiger partial charge in [0.2, 0.25) is 11.7 Å². The highest BCUT2D eigenvalue weighted by Crippen LogP contribution is 2.78. The molecule has 1 aromatic rings. The van der Waals surface area contributed by atoms with E-state index in [1.54, 1.807) is 18.4 Å². The lowest BCUT2D eigenvalue weighted by Gasteiger charge is -2.71. The van der Waals surface area contributed by atoms with Crippen LogP contribution in [0.4, 0.5) is 0 Å². The lowest BCUT2D eigenvalue weighted by atomic mass is 9.32.